The molecule has 0 aliphatic heterocycles. The van der Waals surface area contributed by atoms with Crippen LogP contribution in [0.15, 0.2) is 11.2 Å². The summed E-state index contributed by atoms with van der Waals surface area (Å²) in [5.74, 6) is -0.0123. The van der Waals surface area contributed by atoms with Crippen LogP contribution in [0.25, 0.3) is 0 Å². The maximum Gasteiger partial charge on any atom is 0.321 e. The van der Waals surface area contributed by atoms with Crippen LogP contribution in [0, 0.1) is 6.92 Å². The van der Waals surface area contributed by atoms with E-state index in [2.05, 4.69) is 14.4 Å². The van der Waals surface area contributed by atoms with Crippen LogP contribution in [0.3, 0.4) is 0 Å². The van der Waals surface area contributed by atoms with E-state index < -0.39 is 22.5 Å². The molecule has 1 N–H and O–H groups in total. The fraction of sp³-hybridized carbons (Fsp3) is 0.600. The van der Waals surface area contributed by atoms with Gasteiger partial charge in [-0.05, 0) is 20.8 Å². The number of hydrogen-bond acceptors (Lipinski definition) is 5. The molecule has 0 fully saturated rings. The molecule has 0 amide bonds. The molecule has 0 radical (unpaired) electrons. The van der Waals surface area contributed by atoms with Gasteiger partial charge in [-0.15, -0.1) is 0 Å². The number of imidazole rings is 1. The summed E-state index contributed by atoms with van der Waals surface area (Å²) in [5, 5.41) is -0.0915. The molecule has 0 saturated heterocycles. The number of hydrogen-bond donors (Lipinski definition) is 1. The number of aromatic nitrogens is 2. The van der Waals surface area contributed by atoms with Crippen molar-refractivity contribution in [2.24, 2.45) is 0 Å². The minimum absolute atomic E-state index is 0.0915. The lowest BCUT2D eigenvalue weighted by atomic mass is 10.6. The van der Waals surface area contributed by atoms with Crippen LogP contribution in [0.1, 0.15) is 19.7 Å². The minimum atomic E-state index is -3.77. The van der Waals surface area contributed by atoms with Crippen molar-refractivity contribution in [3.05, 3.63) is 12.0 Å². The van der Waals surface area contributed by atoms with Crippen molar-refractivity contribution in [1.29, 1.82) is 0 Å². The summed E-state index contributed by atoms with van der Waals surface area (Å²) in [4.78, 5) is 15.0. The third kappa shape index (κ3) is 3.54. The molecule has 1 aromatic heterocycles. The first-order valence-electron chi connectivity index (χ1n) is 5.59. The zero-order valence-electron chi connectivity index (χ0n) is 10.6. The molecule has 18 heavy (non-hydrogen) atoms. The average molecular weight is 275 g/mol. The van der Waals surface area contributed by atoms with Crippen LogP contribution >= 0.6 is 0 Å². The number of aryl methyl sites for hydroxylation is 2. The number of carbonyl (C=O) groups excluding carboxylic acids is 1. The Hall–Kier alpha value is -1.41. The van der Waals surface area contributed by atoms with Crippen molar-refractivity contribution in [2.75, 3.05) is 13.2 Å². The third-order valence-electron chi connectivity index (χ3n) is 2.28. The molecular weight excluding hydrogens is 258 g/mol. The summed E-state index contributed by atoms with van der Waals surface area (Å²) < 4.78 is 32.1. The molecule has 7 nitrogen and oxygen atoms in total. The quantitative estimate of drug-likeness (QED) is 0.741. The Morgan fingerprint density at radius 2 is 2.17 bits per heavy atom. The van der Waals surface area contributed by atoms with Crippen LogP contribution in [0.4, 0.5) is 0 Å². The first-order chi connectivity index (χ1) is 8.40. The van der Waals surface area contributed by atoms with Gasteiger partial charge < -0.3 is 9.30 Å². The summed E-state index contributed by atoms with van der Waals surface area (Å²) in [5.41, 5.74) is 0. The van der Waals surface area contributed by atoms with Crippen molar-refractivity contribution >= 4 is 16.0 Å². The summed E-state index contributed by atoms with van der Waals surface area (Å²) in [6.07, 6.45) is 1.43. The first kappa shape index (κ1) is 14.7. The van der Waals surface area contributed by atoms with E-state index in [0.29, 0.717) is 12.4 Å². The van der Waals surface area contributed by atoms with E-state index in [4.69, 9.17) is 0 Å². The number of ether oxygens (including phenoxy) is 1. The Labute approximate surface area is 106 Å². The molecule has 0 aliphatic carbocycles. The number of sulfonamides is 1. The highest BCUT2D eigenvalue weighted by molar-refractivity contribution is 7.89. The van der Waals surface area contributed by atoms with Crippen molar-refractivity contribution in [3.63, 3.8) is 0 Å². The Morgan fingerprint density at radius 3 is 2.67 bits per heavy atom. The molecule has 0 saturated carbocycles. The molecule has 0 atom stereocenters. The Kier molecular flexibility index (Phi) is 4.85. The highest BCUT2D eigenvalue weighted by Gasteiger charge is 2.20. The van der Waals surface area contributed by atoms with Crippen molar-refractivity contribution in [1.82, 2.24) is 14.3 Å². The maximum atomic E-state index is 11.8. The second kappa shape index (κ2) is 5.96. The van der Waals surface area contributed by atoms with Gasteiger partial charge in [0.25, 0.3) is 10.0 Å². The van der Waals surface area contributed by atoms with Gasteiger partial charge in [-0.25, -0.2) is 13.4 Å². The highest BCUT2D eigenvalue weighted by atomic mass is 32.2. The number of nitrogens with zero attached hydrogens (tertiary/aromatic N) is 2. The lowest BCUT2D eigenvalue weighted by Crippen LogP contribution is -2.31. The lowest BCUT2D eigenvalue weighted by molar-refractivity contribution is -0.141. The van der Waals surface area contributed by atoms with Crippen molar-refractivity contribution < 1.29 is 17.9 Å². The number of rotatable bonds is 6. The Balaban J connectivity index is 2.77. The fourth-order valence-electron chi connectivity index (χ4n) is 1.37. The molecule has 1 aromatic rings. The molecule has 0 aromatic carbocycles. The van der Waals surface area contributed by atoms with Gasteiger partial charge in [0.1, 0.15) is 12.4 Å². The number of carbonyl (C=O) groups is 1. The molecule has 0 bridgehead atoms. The highest BCUT2D eigenvalue weighted by Crippen LogP contribution is 2.08. The van der Waals surface area contributed by atoms with E-state index in [0.717, 1.165) is 0 Å². The van der Waals surface area contributed by atoms with Gasteiger partial charge in [0, 0.05) is 12.7 Å². The van der Waals surface area contributed by atoms with E-state index in [-0.39, 0.29) is 11.6 Å². The predicted octanol–water partition coefficient (Wildman–Crippen LogP) is 0.0528. The largest absolute Gasteiger partial charge is 0.465 e. The van der Waals surface area contributed by atoms with E-state index >= 15 is 0 Å². The maximum absolute atomic E-state index is 11.8. The molecule has 102 valence electrons. The summed E-state index contributed by atoms with van der Waals surface area (Å²) in [6, 6.07) is 0. The van der Waals surface area contributed by atoms with Gasteiger partial charge in [0.05, 0.1) is 6.61 Å². The van der Waals surface area contributed by atoms with E-state index in [1.807, 2.05) is 6.92 Å². The van der Waals surface area contributed by atoms with Crippen molar-refractivity contribution in [3.8, 4) is 0 Å². The minimum Gasteiger partial charge on any atom is -0.465 e. The van der Waals surface area contributed by atoms with Gasteiger partial charge in [-0.3, -0.25) is 4.79 Å². The number of esters is 1. The summed E-state index contributed by atoms with van der Waals surface area (Å²) in [7, 11) is -3.77. The molecule has 8 heteroatoms. The Bertz CT molecular complexity index is 521. The van der Waals surface area contributed by atoms with E-state index in [1.165, 1.54) is 6.20 Å². The monoisotopic (exact) mass is 275 g/mol. The third-order valence-corrected chi connectivity index (χ3v) is 3.55. The van der Waals surface area contributed by atoms with Gasteiger partial charge >= 0.3 is 5.97 Å². The van der Waals surface area contributed by atoms with Crippen molar-refractivity contribution in [2.45, 2.75) is 32.3 Å². The smallest absolute Gasteiger partial charge is 0.321 e. The van der Waals surface area contributed by atoms with Crippen LogP contribution in [0.5, 0.6) is 0 Å². The molecular formula is C10H17N3O4S. The van der Waals surface area contributed by atoms with E-state index in [1.54, 1.807) is 18.4 Å². The first-order valence-corrected chi connectivity index (χ1v) is 7.08. The fourth-order valence-corrected chi connectivity index (χ4v) is 2.34. The lowest BCUT2D eigenvalue weighted by Gasteiger charge is -2.03. The van der Waals surface area contributed by atoms with Crippen LogP contribution < -0.4 is 4.72 Å². The standard InChI is InChI=1S/C10H17N3O4S/c1-4-13-7-9(12-8(13)3)18(15,16)11-6-10(14)17-5-2/h7,11H,4-6H2,1-3H3. The molecule has 1 heterocycles. The molecule has 0 unspecified atom stereocenters. The molecule has 1 rings (SSSR count). The second-order valence-corrected chi connectivity index (χ2v) is 5.26. The van der Waals surface area contributed by atoms with Crippen LogP contribution in [-0.2, 0) is 26.1 Å². The normalized spacial score (nSPS) is 11.5. The van der Waals surface area contributed by atoms with Gasteiger partial charge in [-0.2, -0.15) is 4.72 Å². The second-order valence-electron chi connectivity index (χ2n) is 3.54. The van der Waals surface area contributed by atoms with Gasteiger partial charge in [0.2, 0.25) is 0 Å². The average Bonchev–Trinajstić information content (AvgIpc) is 2.69. The summed E-state index contributed by atoms with van der Waals surface area (Å²) in [6.45, 7) is 5.70. The predicted molar refractivity (Wildman–Crippen MR) is 64.5 cm³/mol. The summed E-state index contributed by atoms with van der Waals surface area (Å²) >= 11 is 0. The van der Waals surface area contributed by atoms with Crippen LogP contribution in [0.2, 0.25) is 0 Å². The zero-order chi connectivity index (χ0) is 13.8. The zero-order valence-corrected chi connectivity index (χ0v) is 11.5. The molecule has 0 spiro atoms. The molecule has 0 aliphatic rings. The van der Waals surface area contributed by atoms with Crippen LogP contribution in [-0.4, -0.2) is 37.1 Å². The number of nitrogens with one attached hydrogen (secondary N) is 1. The van der Waals surface area contributed by atoms with E-state index in [9.17, 15) is 13.2 Å². The topological polar surface area (TPSA) is 90.3 Å². The van der Waals surface area contributed by atoms with Gasteiger partial charge in [-0.1, -0.05) is 0 Å². The SMILES string of the molecule is CCOC(=O)CNS(=O)(=O)c1cn(CC)c(C)n1. The Morgan fingerprint density at radius 1 is 1.50 bits per heavy atom. The van der Waals surface area contributed by atoms with Gasteiger partial charge in [0.15, 0.2) is 5.03 Å².